The zero-order chi connectivity index (χ0) is 33.8. The molecule has 0 aliphatic carbocycles. The van der Waals surface area contributed by atoms with Gasteiger partial charge in [-0.15, -0.1) is 0 Å². The van der Waals surface area contributed by atoms with Crippen LogP contribution < -0.4 is 26.0 Å². The summed E-state index contributed by atoms with van der Waals surface area (Å²) in [6, 6.07) is 15.8. The molecular formula is C32H35N5O9. The van der Waals surface area contributed by atoms with E-state index in [0.717, 1.165) is 0 Å². The lowest BCUT2D eigenvalue weighted by atomic mass is 10.0. The van der Waals surface area contributed by atoms with E-state index in [0.29, 0.717) is 28.9 Å². The van der Waals surface area contributed by atoms with Crippen LogP contribution in [0.3, 0.4) is 0 Å². The molecule has 0 radical (unpaired) electrons. The van der Waals surface area contributed by atoms with Gasteiger partial charge in [0, 0.05) is 35.5 Å². The highest BCUT2D eigenvalue weighted by Gasteiger charge is 2.27. The third-order valence-electron chi connectivity index (χ3n) is 6.57. The Kier molecular flexibility index (Phi) is 12.3. The van der Waals surface area contributed by atoms with Crippen LogP contribution in [0.5, 0.6) is 5.75 Å². The Labute approximate surface area is 265 Å². The Hall–Kier alpha value is -5.79. The zero-order valence-corrected chi connectivity index (χ0v) is 25.7. The number of nitro benzene ring substituents is 1. The van der Waals surface area contributed by atoms with E-state index in [4.69, 9.17) is 9.47 Å². The standard InChI is InChI=1S/C32H35N5O9/c1-5-27(38)34-23-12-8-22(9-13-23)30(40)36-28(19(2)3)31(41)33-20(4)29(39)35-24-10-6-21(7-11-24)18-45-32(42)46-26-16-14-25(15-17-26)37(43)44/h6-17,19-20,28H,5,18H2,1-4H3,(H,33,41)(H,34,38)(H,35,39)(H,36,40)/t20?,28-/m0/s1. The molecule has 0 aliphatic rings. The molecule has 3 rings (SSSR count). The van der Waals surface area contributed by atoms with E-state index in [1.54, 1.807) is 57.2 Å². The molecule has 4 N–H and O–H groups in total. The van der Waals surface area contributed by atoms with Gasteiger partial charge in [-0.25, -0.2) is 4.79 Å². The number of hydrogen-bond acceptors (Lipinski definition) is 9. The van der Waals surface area contributed by atoms with Crippen molar-refractivity contribution in [3.8, 4) is 5.75 Å². The predicted octanol–water partition coefficient (Wildman–Crippen LogP) is 4.56. The number of anilines is 2. The average Bonchev–Trinajstić information content (AvgIpc) is 3.03. The van der Waals surface area contributed by atoms with Crippen molar-refractivity contribution in [1.82, 2.24) is 10.6 Å². The van der Waals surface area contributed by atoms with Crippen LogP contribution >= 0.6 is 0 Å². The fourth-order valence-electron chi connectivity index (χ4n) is 3.92. The summed E-state index contributed by atoms with van der Waals surface area (Å²) >= 11 is 0. The summed E-state index contributed by atoms with van der Waals surface area (Å²) in [5, 5.41) is 21.4. The lowest BCUT2D eigenvalue weighted by Crippen LogP contribution is -2.53. The third kappa shape index (κ3) is 10.4. The molecule has 14 heteroatoms. The molecule has 0 spiro atoms. The summed E-state index contributed by atoms with van der Waals surface area (Å²) in [5.74, 6) is -1.88. The predicted molar refractivity (Wildman–Crippen MR) is 168 cm³/mol. The first-order valence-electron chi connectivity index (χ1n) is 14.4. The molecule has 3 aromatic rings. The van der Waals surface area contributed by atoms with Crippen molar-refractivity contribution in [3.63, 3.8) is 0 Å². The van der Waals surface area contributed by atoms with E-state index < -0.39 is 40.9 Å². The van der Waals surface area contributed by atoms with E-state index in [9.17, 15) is 34.1 Å². The van der Waals surface area contributed by atoms with Crippen LogP contribution in [0, 0.1) is 16.0 Å². The SMILES string of the molecule is CCC(=O)Nc1ccc(C(=O)N[C@H](C(=O)NC(C)C(=O)Nc2ccc(COC(=O)Oc3ccc([N+](=O)[O-])cc3)cc2)C(C)C)cc1. The van der Waals surface area contributed by atoms with Crippen molar-refractivity contribution in [2.75, 3.05) is 10.6 Å². The van der Waals surface area contributed by atoms with Crippen LogP contribution in [0.4, 0.5) is 21.9 Å². The highest BCUT2D eigenvalue weighted by atomic mass is 16.7. The van der Waals surface area contributed by atoms with Crippen molar-refractivity contribution in [1.29, 1.82) is 0 Å². The lowest BCUT2D eigenvalue weighted by molar-refractivity contribution is -0.384. The summed E-state index contributed by atoms with van der Waals surface area (Å²) in [5.41, 5.74) is 1.72. The summed E-state index contributed by atoms with van der Waals surface area (Å²) < 4.78 is 10.0. The van der Waals surface area contributed by atoms with Gasteiger partial charge in [-0.05, 0) is 66.9 Å². The highest BCUT2D eigenvalue weighted by molar-refractivity contribution is 6.00. The van der Waals surface area contributed by atoms with Gasteiger partial charge in [0.15, 0.2) is 0 Å². The van der Waals surface area contributed by atoms with Crippen LogP contribution in [-0.4, -0.2) is 46.8 Å². The quantitative estimate of drug-likeness (QED) is 0.0903. The number of rotatable bonds is 13. The second-order valence-corrected chi connectivity index (χ2v) is 10.5. The van der Waals surface area contributed by atoms with Crippen LogP contribution in [0.15, 0.2) is 72.8 Å². The Bertz CT molecular complexity index is 1560. The van der Waals surface area contributed by atoms with Crippen molar-refractivity contribution in [3.05, 3.63) is 94.0 Å². The fraction of sp³-hybridized carbons (Fsp3) is 0.281. The largest absolute Gasteiger partial charge is 0.514 e. The molecule has 46 heavy (non-hydrogen) atoms. The van der Waals surface area contributed by atoms with Crippen LogP contribution in [0.1, 0.15) is 50.0 Å². The van der Waals surface area contributed by atoms with Crippen molar-refractivity contribution < 1.29 is 38.4 Å². The summed E-state index contributed by atoms with van der Waals surface area (Å²) in [4.78, 5) is 72.3. The van der Waals surface area contributed by atoms with Crippen LogP contribution in [-0.2, 0) is 25.7 Å². The van der Waals surface area contributed by atoms with Gasteiger partial charge in [-0.2, -0.15) is 0 Å². The van der Waals surface area contributed by atoms with Crippen molar-refractivity contribution in [2.24, 2.45) is 5.92 Å². The normalized spacial score (nSPS) is 11.8. The van der Waals surface area contributed by atoms with E-state index >= 15 is 0 Å². The second kappa shape index (κ2) is 16.3. The number of carbonyl (C=O) groups excluding carboxylic acids is 5. The fourth-order valence-corrected chi connectivity index (χ4v) is 3.92. The molecule has 0 aliphatic heterocycles. The molecular weight excluding hydrogens is 598 g/mol. The first-order valence-corrected chi connectivity index (χ1v) is 14.4. The highest BCUT2D eigenvalue weighted by Crippen LogP contribution is 2.18. The molecule has 3 aromatic carbocycles. The molecule has 0 fully saturated rings. The molecule has 0 saturated heterocycles. The number of carbonyl (C=O) groups is 5. The van der Waals surface area contributed by atoms with Gasteiger partial charge >= 0.3 is 6.16 Å². The van der Waals surface area contributed by atoms with E-state index in [2.05, 4.69) is 21.3 Å². The summed E-state index contributed by atoms with van der Waals surface area (Å²) in [6.07, 6.45) is -0.677. The van der Waals surface area contributed by atoms with Crippen LogP contribution in [0.25, 0.3) is 0 Å². The minimum atomic E-state index is -0.998. The molecule has 0 bridgehead atoms. The number of non-ortho nitro benzene ring substituents is 1. The molecule has 4 amide bonds. The molecule has 0 saturated carbocycles. The Balaban J connectivity index is 1.47. The van der Waals surface area contributed by atoms with Gasteiger partial charge in [0.2, 0.25) is 17.7 Å². The minimum Gasteiger partial charge on any atom is -0.429 e. The van der Waals surface area contributed by atoms with Gasteiger partial charge in [0.1, 0.15) is 24.4 Å². The van der Waals surface area contributed by atoms with E-state index in [-0.39, 0.29) is 29.9 Å². The number of nitro groups is 1. The first kappa shape index (κ1) is 34.7. The molecule has 0 aromatic heterocycles. The monoisotopic (exact) mass is 633 g/mol. The number of nitrogens with one attached hydrogen (secondary N) is 4. The number of amides is 4. The molecule has 242 valence electrons. The van der Waals surface area contributed by atoms with Gasteiger partial charge < -0.3 is 30.7 Å². The summed E-state index contributed by atoms with van der Waals surface area (Å²) in [7, 11) is 0. The van der Waals surface area contributed by atoms with Crippen LogP contribution in [0.2, 0.25) is 0 Å². The summed E-state index contributed by atoms with van der Waals surface area (Å²) in [6.45, 7) is 6.63. The van der Waals surface area contributed by atoms with E-state index in [1.807, 2.05) is 0 Å². The number of nitrogens with zero attached hydrogens (tertiary/aromatic N) is 1. The molecule has 0 heterocycles. The minimum absolute atomic E-state index is 0.0851. The Morgan fingerprint density at radius 3 is 1.93 bits per heavy atom. The first-order chi connectivity index (χ1) is 21.9. The van der Waals surface area contributed by atoms with Gasteiger partial charge in [-0.1, -0.05) is 32.9 Å². The lowest BCUT2D eigenvalue weighted by Gasteiger charge is -2.24. The maximum Gasteiger partial charge on any atom is 0.514 e. The van der Waals surface area contributed by atoms with Gasteiger partial charge in [0.05, 0.1) is 4.92 Å². The second-order valence-electron chi connectivity index (χ2n) is 10.5. The number of hydrogen-bond donors (Lipinski definition) is 4. The van der Waals surface area contributed by atoms with Gasteiger partial charge in [0.25, 0.3) is 11.6 Å². The number of ether oxygens (including phenoxy) is 2. The maximum atomic E-state index is 13.0. The Morgan fingerprint density at radius 1 is 0.783 bits per heavy atom. The molecule has 2 atom stereocenters. The smallest absolute Gasteiger partial charge is 0.429 e. The van der Waals surface area contributed by atoms with Crippen molar-refractivity contribution in [2.45, 2.75) is 52.8 Å². The molecule has 14 nitrogen and oxygen atoms in total. The third-order valence-corrected chi connectivity index (χ3v) is 6.57. The van der Waals surface area contributed by atoms with E-state index in [1.165, 1.54) is 43.3 Å². The number of benzene rings is 3. The zero-order valence-electron chi connectivity index (χ0n) is 25.7. The maximum absolute atomic E-state index is 13.0. The van der Waals surface area contributed by atoms with Gasteiger partial charge in [-0.3, -0.25) is 29.3 Å². The average molecular weight is 634 g/mol. The topological polar surface area (TPSA) is 195 Å². The van der Waals surface area contributed by atoms with Crippen molar-refractivity contribution >= 4 is 46.8 Å². The molecule has 1 unspecified atom stereocenters. The Morgan fingerprint density at radius 2 is 1.37 bits per heavy atom.